The Morgan fingerprint density at radius 3 is 2.73 bits per heavy atom. The molecule has 0 bridgehead atoms. The molecule has 3 rings (SSSR count). The number of urea groups is 1. The summed E-state index contributed by atoms with van der Waals surface area (Å²) in [6, 6.07) is 5.20. The monoisotopic (exact) mass is 365 g/mol. The molecule has 1 aromatic carbocycles. The summed E-state index contributed by atoms with van der Waals surface area (Å²) in [6.07, 6.45) is 0.726. The maximum absolute atomic E-state index is 14.7. The van der Waals surface area contributed by atoms with Crippen LogP contribution in [0, 0.1) is 0 Å². The van der Waals surface area contributed by atoms with Gasteiger partial charge in [-0.2, -0.15) is 0 Å². The Morgan fingerprint density at radius 2 is 2.15 bits per heavy atom. The first-order valence-electron chi connectivity index (χ1n) is 8.11. The van der Waals surface area contributed by atoms with E-state index in [2.05, 4.69) is 5.32 Å². The molecule has 3 atom stereocenters. The molecule has 0 aromatic heterocycles. The van der Waals surface area contributed by atoms with Crippen LogP contribution in [0.2, 0.25) is 0 Å². The predicted molar refractivity (Wildman–Crippen MR) is 88.8 cm³/mol. The van der Waals surface area contributed by atoms with Gasteiger partial charge in [0.15, 0.2) is 5.83 Å². The SMILES string of the molecule is COc1ccc(C(=O)C2(N)NC(=O)N([C@H]3CC[C@@H](CO)O3)C=C2F)cc1. The van der Waals surface area contributed by atoms with Crippen molar-refractivity contribution in [3.63, 3.8) is 0 Å². The van der Waals surface area contributed by atoms with Crippen molar-refractivity contribution in [2.24, 2.45) is 5.73 Å². The van der Waals surface area contributed by atoms with Crippen LogP contribution in [0.3, 0.4) is 0 Å². The molecule has 1 aromatic rings. The fourth-order valence-electron chi connectivity index (χ4n) is 2.95. The lowest BCUT2D eigenvalue weighted by Crippen LogP contribution is -2.67. The van der Waals surface area contributed by atoms with Gasteiger partial charge in [-0.3, -0.25) is 15.4 Å². The molecular weight excluding hydrogens is 345 g/mol. The summed E-state index contributed by atoms with van der Waals surface area (Å²) in [5.74, 6) is -1.27. The number of aliphatic hydroxyl groups excluding tert-OH is 1. The predicted octanol–water partition coefficient (Wildman–Crippen LogP) is 0.866. The van der Waals surface area contributed by atoms with Crippen LogP contribution >= 0.6 is 0 Å². The number of nitrogens with one attached hydrogen (secondary N) is 1. The number of aliphatic hydroxyl groups is 1. The Bertz CT molecular complexity index is 738. The molecule has 2 amide bonds. The van der Waals surface area contributed by atoms with Crippen LogP contribution in [0.15, 0.2) is 36.3 Å². The zero-order chi connectivity index (χ0) is 18.9. The van der Waals surface area contributed by atoms with E-state index in [0.29, 0.717) is 18.6 Å². The minimum atomic E-state index is -2.29. The summed E-state index contributed by atoms with van der Waals surface area (Å²) < 4.78 is 25.2. The van der Waals surface area contributed by atoms with E-state index in [0.717, 1.165) is 11.1 Å². The van der Waals surface area contributed by atoms with Gasteiger partial charge in [0, 0.05) is 11.8 Å². The van der Waals surface area contributed by atoms with E-state index in [1.54, 1.807) is 0 Å². The van der Waals surface area contributed by atoms with Gasteiger partial charge in [-0.25, -0.2) is 9.18 Å². The molecular formula is C17H20FN3O5. The molecule has 140 valence electrons. The van der Waals surface area contributed by atoms with E-state index in [1.807, 2.05) is 0 Å². The zero-order valence-corrected chi connectivity index (χ0v) is 14.1. The number of rotatable bonds is 5. The lowest BCUT2D eigenvalue weighted by atomic mass is 9.96. The minimum Gasteiger partial charge on any atom is -0.497 e. The summed E-state index contributed by atoms with van der Waals surface area (Å²) in [5, 5.41) is 11.3. The van der Waals surface area contributed by atoms with E-state index >= 15 is 0 Å². The number of methoxy groups -OCH3 is 1. The fourth-order valence-corrected chi connectivity index (χ4v) is 2.95. The highest BCUT2D eigenvalue weighted by Crippen LogP contribution is 2.29. The lowest BCUT2D eigenvalue weighted by molar-refractivity contribution is -0.0394. The Morgan fingerprint density at radius 1 is 1.46 bits per heavy atom. The van der Waals surface area contributed by atoms with Crippen LogP contribution in [0.5, 0.6) is 5.75 Å². The molecule has 1 saturated heterocycles. The molecule has 1 fully saturated rings. The van der Waals surface area contributed by atoms with E-state index in [4.69, 9.17) is 20.3 Å². The Balaban J connectivity index is 1.83. The standard InChI is InChI=1S/C17H20FN3O5/c1-25-11-4-2-10(3-5-11)15(23)17(19)13(18)8-21(16(24)20-17)14-7-6-12(9-22)26-14/h2-5,8,12,14,22H,6-7,9,19H2,1H3,(H,20,24)/t12-,14+,17?/m0/s1. The van der Waals surface area contributed by atoms with Crippen LogP contribution in [0.1, 0.15) is 23.2 Å². The van der Waals surface area contributed by atoms with Crippen LogP contribution in [-0.4, -0.2) is 53.5 Å². The first-order valence-corrected chi connectivity index (χ1v) is 8.11. The van der Waals surface area contributed by atoms with Crippen LogP contribution in [0.4, 0.5) is 9.18 Å². The molecule has 2 aliphatic heterocycles. The van der Waals surface area contributed by atoms with Gasteiger partial charge in [-0.05, 0) is 37.1 Å². The Labute approximate surface area is 149 Å². The first kappa shape index (κ1) is 18.3. The molecule has 0 saturated carbocycles. The minimum absolute atomic E-state index is 0.128. The number of hydrogen-bond donors (Lipinski definition) is 3. The number of Topliss-reactive ketones (excluding diaryl/α,β-unsaturated/α-hetero) is 1. The van der Waals surface area contributed by atoms with E-state index in [-0.39, 0.29) is 12.2 Å². The topological polar surface area (TPSA) is 114 Å². The fraction of sp³-hybridized carbons (Fsp3) is 0.412. The van der Waals surface area contributed by atoms with E-state index in [1.165, 1.54) is 31.4 Å². The van der Waals surface area contributed by atoms with Crippen molar-refractivity contribution in [2.45, 2.75) is 30.8 Å². The average molecular weight is 365 g/mol. The van der Waals surface area contributed by atoms with Gasteiger partial charge in [-0.1, -0.05) is 0 Å². The number of nitrogens with two attached hydrogens (primary N) is 1. The van der Waals surface area contributed by atoms with Gasteiger partial charge in [0.1, 0.15) is 12.0 Å². The quantitative estimate of drug-likeness (QED) is 0.667. The van der Waals surface area contributed by atoms with Gasteiger partial charge in [0.05, 0.1) is 19.8 Å². The van der Waals surface area contributed by atoms with Crippen molar-refractivity contribution in [1.29, 1.82) is 0 Å². The van der Waals surface area contributed by atoms with Crippen LogP contribution in [0.25, 0.3) is 0 Å². The lowest BCUT2D eigenvalue weighted by Gasteiger charge is -2.37. The highest BCUT2D eigenvalue weighted by molar-refractivity contribution is 6.07. The number of ketones is 1. The number of hydrogen-bond acceptors (Lipinski definition) is 6. The molecule has 8 nitrogen and oxygen atoms in total. The summed E-state index contributed by atoms with van der Waals surface area (Å²) in [6.45, 7) is -0.186. The number of halogens is 1. The Hall–Kier alpha value is -2.49. The van der Waals surface area contributed by atoms with Crippen molar-refractivity contribution in [3.8, 4) is 5.75 Å². The van der Waals surface area contributed by atoms with Gasteiger partial charge < -0.3 is 19.9 Å². The van der Waals surface area contributed by atoms with Crippen LogP contribution < -0.4 is 15.8 Å². The number of benzene rings is 1. The van der Waals surface area contributed by atoms with Crippen molar-refractivity contribution >= 4 is 11.8 Å². The van der Waals surface area contributed by atoms with E-state index < -0.39 is 35.6 Å². The van der Waals surface area contributed by atoms with Crippen molar-refractivity contribution < 1.29 is 28.6 Å². The maximum Gasteiger partial charge on any atom is 0.325 e. The maximum atomic E-state index is 14.7. The second-order valence-corrected chi connectivity index (χ2v) is 6.15. The van der Waals surface area contributed by atoms with Gasteiger partial charge >= 0.3 is 6.03 Å². The summed E-state index contributed by atoms with van der Waals surface area (Å²) >= 11 is 0. The number of carbonyl (C=O) groups excluding carboxylic acids is 2. The number of nitrogens with zero attached hydrogens (tertiary/aromatic N) is 1. The first-order chi connectivity index (χ1) is 12.4. The number of ether oxygens (including phenoxy) is 2. The number of amides is 2. The molecule has 0 radical (unpaired) electrons. The Kier molecular flexibility index (Phi) is 4.94. The van der Waals surface area contributed by atoms with Crippen molar-refractivity contribution in [3.05, 3.63) is 41.9 Å². The smallest absolute Gasteiger partial charge is 0.325 e. The zero-order valence-electron chi connectivity index (χ0n) is 14.1. The second kappa shape index (κ2) is 7.02. The highest BCUT2D eigenvalue weighted by atomic mass is 19.1. The van der Waals surface area contributed by atoms with Gasteiger partial charge in [0.2, 0.25) is 11.4 Å². The largest absolute Gasteiger partial charge is 0.497 e. The molecule has 2 aliphatic rings. The number of carbonyl (C=O) groups is 2. The summed E-state index contributed by atoms with van der Waals surface area (Å²) in [5.41, 5.74) is 3.72. The molecule has 4 N–H and O–H groups in total. The highest BCUT2D eigenvalue weighted by Gasteiger charge is 2.47. The van der Waals surface area contributed by atoms with E-state index in [9.17, 15) is 14.0 Å². The molecule has 2 heterocycles. The van der Waals surface area contributed by atoms with Gasteiger partial charge in [0.25, 0.3) is 0 Å². The third kappa shape index (κ3) is 3.16. The summed E-state index contributed by atoms with van der Waals surface area (Å²) in [4.78, 5) is 26.1. The molecule has 1 unspecified atom stereocenters. The third-order valence-electron chi connectivity index (χ3n) is 4.48. The normalized spacial score (nSPS) is 28.5. The third-order valence-corrected chi connectivity index (χ3v) is 4.48. The molecule has 9 heteroatoms. The molecule has 0 aliphatic carbocycles. The average Bonchev–Trinajstić information content (AvgIpc) is 3.13. The van der Waals surface area contributed by atoms with Crippen molar-refractivity contribution in [2.75, 3.05) is 13.7 Å². The van der Waals surface area contributed by atoms with Crippen LogP contribution in [-0.2, 0) is 4.74 Å². The van der Waals surface area contributed by atoms with Gasteiger partial charge in [-0.15, -0.1) is 0 Å². The second-order valence-electron chi connectivity index (χ2n) is 6.15. The van der Waals surface area contributed by atoms with Crippen molar-refractivity contribution in [1.82, 2.24) is 10.2 Å². The summed E-state index contributed by atoms with van der Waals surface area (Å²) in [7, 11) is 1.48. The molecule has 0 spiro atoms. The molecule has 26 heavy (non-hydrogen) atoms.